The normalized spacial score (nSPS) is 12.2. The van der Waals surface area contributed by atoms with Crippen molar-refractivity contribution in [2.24, 2.45) is 0 Å². The fraction of sp³-hybridized carbons (Fsp3) is 0.0769. The van der Waals surface area contributed by atoms with Crippen LogP contribution in [-0.2, 0) is 9.53 Å². The highest BCUT2D eigenvalue weighted by molar-refractivity contribution is 7.98. The molecule has 154 valence electrons. The molecule has 5 heteroatoms. The van der Waals surface area contributed by atoms with Crippen molar-refractivity contribution in [3.8, 4) is 0 Å². The van der Waals surface area contributed by atoms with Gasteiger partial charge < -0.3 is 9.72 Å². The number of ether oxygens (including phenoxy) is 1. The monoisotopic (exact) mass is 427 g/mol. The summed E-state index contributed by atoms with van der Waals surface area (Å²) >= 11 is 1.65. The van der Waals surface area contributed by atoms with Crippen molar-refractivity contribution >= 4 is 40.5 Å². The van der Waals surface area contributed by atoms with Gasteiger partial charge in [0.15, 0.2) is 6.10 Å². The number of carbonyl (C=O) groups is 2. The molecule has 0 fully saturated rings. The number of ketones is 1. The Labute approximate surface area is 184 Å². The molecule has 4 nitrogen and oxygen atoms in total. The van der Waals surface area contributed by atoms with Gasteiger partial charge in [-0.2, -0.15) is 0 Å². The van der Waals surface area contributed by atoms with Crippen LogP contribution in [0.3, 0.4) is 0 Å². The summed E-state index contributed by atoms with van der Waals surface area (Å²) in [6, 6.07) is 24.5. The van der Waals surface area contributed by atoms with Crippen LogP contribution in [0.2, 0.25) is 0 Å². The number of aromatic amines is 1. The number of aromatic nitrogens is 1. The number of Topliss-reactive ketones (excluding diaryl/α,β-unsaturated/α-hetero) is 1. The van der Waals surface area contributed by atoms with Crippen molar-refractivity contribution in [1.82, 2.24) is 4.98 Å². The first kappa shape index (κ1) is 20.7. The quantitative estimate of drug-likeness (QED) is 0.168. The Hall–Kier alpha value is -3.57. The zero-order chi connectivity index (χ0) is 21.6. The van der Waals surface area contributed by atoms with Crippen LogP contribution >= 0.6 is 11.8 Å². The minimum atomic E-state index is -1.03. The van der Waals surface area contributed by atoms with E-state index in [1.807, 2.05) is 73.0 Å². The third kappa shape index (κ3) is 4.78. The van der Waals surface area contributed by atoms with Crippen molar-refractivity contribution in [3.63, 3.8) is 0 Å². The lowest BCUT2D eigenvalue weighted by Crippen LogP contribution is -2.19. The molecule has 1 unspecified atom stereocenters. The minimum absolute atomic E-state index is 0.269. The molecule has 0 aliphatic carbocycles. The number of para-hydroxylation sites is 1. The van der Waals surface area contributed by atoms with Gasteiger partial charge in [-0.3, -0.25) is 4.79 Å². The van der Waals surface area contributed by atoms with Gasteiger partial charge in [0, 0.05) is 39.2 Å². The maximum absolute atomic E-state index is 13.4. The Balaban J connectivity index is 1.59. The highest BCUT2D eigenvalue weighted by atomic mass is 32.2. The van der Waals surface area contributed by atoms with E-state index in [1.165, 1.54) is 6.08 Å². The van der Waals surface area contributed by atoms with Crippen molar-refractivity contribution < 1.29 is 14.3 Å². The largest absolute Gasteiger partial charge is 0.446 e. The molecule has 4 aromatic rings. The van der Waals surface area contributed by atoms with E-state index in [0.29, 0.717) is 11.1 Å². The van der Waals surface area contributed by atoms with E-state index in [0.717, 1.165) is 21.4 Å². The second-order valence-corrected chi connectivity index (χ2v) is 7.83. The molecule has 0 spiro atoms. The second-order valence-electron chi connectivity index (χ2n) is 6.95. The summed E-state index contributed by atoms with van der Waals surface area (Å²) in [6.07, 6.45) is 5.68. The molecule has 1 atom stereocenters. The average Bonchev–Trinajstić information content (AvgIpc) is 3.26. The topological polar surface area (TPSA) is 59.2 Å². The van der Waals surface area contributed by atoms with Gasteiger partial charge in [-0.1, -0.05) is 60.7 Å². The van der Waals surface area contributed by atoms with Gasteiger partial charge in [0.05, 0.1) is 0 Å². The molecule has 0 saturated carbocycles. The molecule has 0 aliphatic heterocycles. The maximum Gasteiger partial charge on any atom is 0.331 e. The van der Waals surface area contributed by atoms with E-state index in [1.54, 1.807) is 36.2 Å². The molecule has 0 bridgehead atoms. The Bertz CT molecular complexity index is 1230. The van der Waals surface area contributed by atoms with Gasteiger partial charge in [-0.05, 0) is 36.1 Å². The number of nitrogens with one attached hydrogen (secondary N) is 1. The SMILES string of the molecule is CSc1ccc(C=CC(=O)OC(C(=O)c2c[nH]c3ccccc23)c2ccccc2)cc1. The summed E-state index contributed by atoms with van der Waals surface area (Å²) < 4.78 is 5.64. The molecule has 0 aliphatic rings. The first-order valence-electron chi connectivity index (χ1n) is 9.84. The molecule has 0 amide bonds. The number of carbonyl (C=O) groups excluding carboxylic acids is 2. The van der Waals surface area contributed by atoms with Gasteiger partial charge in [0.2, 0.25) is 5.78 Å². The summed E-state index contributed by atoms with van der Waals surface area (Å²) in [5, 5.41) is 0.800. The van der Waals surface area contributed by atoms with Gasteiger partial charge in [0.1, 0.15) is 0 Å². The molecule has 0 saturated heterocycles. The predicted molar refractivity (Wildman–Crippen MR) is 125 cm³/mol. The first-order chi connectivity index (χ1) is 15.2. The van der Waals surface area contributed by atoms with Crippen LogP contribution in [0.15, 0.2) is 96.0 Å². The van der Waals surface area contributed by atoms with E-state index in [2.05, 4.69) is 4.98 Å². The summed E-state index contributed by atoms with van der Waals surface area (Å²) in [7, 11) is 0. The Morgan fingerprint density at radius 1 is 0.935 bits per heavy atom. The van der Waals surface area contributed by atoms with Crippen LogP contribution in [0.25, 0.3) is 17.0 Å². The van der Waals surface area contributed by atoms with Crippen LogP contribution in [0.4, 0.5) is 0 Å². The van der Waals surface area contributed by atoms with E-state index < -0.39 is 12.1 Å². The summed E-state index contributed by atoms with van der Waals surface area (Å²) in [4.78, 5) is 30.2. The third-order valence-corrected chi connectivity index (χ3v) is 5.70. The summed E-state index contributed by atoms with van der Waals surface area (Å²) in [6.45, 7) is 0. The molecule has 31 heavy (non-hydrogen) atoms. The maximum atomic E-state index is 13.4. The minimum Gasteiger partial charge on any atom is -0.446 e. The number of fused-ring (bicyclic) bond motifs is 1. The van der Waals surface area contributed by atoms with Crippen LogP contribution in [0.1, 0.15) is 27.6 Å². The Morgan fingerprint density at radius 3 is 2.39 bits per heavy atom. The first-order valence-corrected chi connectivity index (χ1v) is 11.1. The lowest BCUT2D eigenvalue weighted by Gasteiger charge is -2.16. The Kier molecular flexibility index (Phi) is 6.34. The highest BCUT2D eigenvalue weighted by Gasteiger charge is 2.27. The molecular formula is C26H21NO3S. The number of benzene rings is 3. The number of H-pyrrole nitrogens is 1. The van der Waals surface area contributed by atoms with Crippen LogP contribution in [0.5, 0.6) is 0 Å². The number of hydrogen-bond donors (Lipinski definition) is 1. The predicted octanol–water partition coefficient (Wildman–Crippen LogP) is 6.07. The van der Waals surface area contributed by atoms with Gasteiger partial charge in [-0.15, -0.1) is 11.8 Å². The lowest BCUT2D eigenvalue weighted by atomic mass is 9.99. The molecular weight excluding hydrogens is 406 g/mol. The Morgan fingerprint density at radius 2 is 1.65 bits per heavy atom. The fourth-order valence-corrected chi connectivity index (χ4v) is 3.76. The third-order valence-electron chi connectivity index (χ3n) is 4.96. The molecule has 3 aromatic carbocycles. The number of thioether (sulfide) groups is 1. The van der Waals surface area contributed by atoms with Crippen LogP contribution < -0.4 is 0 Å². The smallest absolute Gasteiger partial charge is 0.331 e. The fourth-order valence-electron chi connectivity index (χ4n) is 3.35. The zero-order valence-electron chi connectivity index (χ0n) is 16.9. The van der Waals surface area contributed by atoms with Gasteiger partial charge in [-0.25, -0.2) is 4.79 Å². The van der Waals surface area contributed by atoms with E-state index in [-0.39, 0.29) is 5.78 Å². The van der Waals surface area contributed by atoms with Crippen molar-refractivity contribution in [2.45, 2.75) is 11.0 Å². The van der Waals surface area contributed by atoms with Crippen molar-refractivity contribution in [3.05, 3.63) is 108 Å². The second kappa shape index (κ2) is 9.49. The van der Waals surface area contributed by atoms with Gasteiger partial charge >= 0.3 is 5.97 Å². The van der Waals surface area contributed by atoms with Gasteiger partial charge in [0.25, 0.3) is 0 Å². The lowest BCUT2D eigenvalue weighted by molar-refractivity contribution is -0.141. The molecule has 1 N–H and O–H groups in total. The number of rotatable bonds is 7. The standard InChI is InChI=1S/C26H21NO3S/c1-31-20-14-11-18(12-15-20)13-16-24(28)30-26(19-7-3-2-4-8-19)25(29)22-17-27-23-10-6-5-9-21(22)23/h2-17,26-27H,1H3. The average molecular weight is 428 g/mol. The summed E-state index contributed by atoms with van der Waals surface area (Å²) in [5.41, 5.74) is 2.87. The zero-order valence-corrected chi connectivity index (χ0v) is 17.8. The molecule has 1 aromatic heterocycles. The number of hydrogen-bond acceptors (Lipinski definition) is 4. The highest BCUT2D eigenvalue weighted by Crippen LogP contribution is 2.27. The van der Waals surface area contributed by atoms with Crippen LogP contribution in [-0.4, -0.2) is 23.0 Å². The van der Waals surface area contributed by atoms with E-state index in [4.69, 9.17) is 4.74 Å². The van der Waals surface area contributed by atoms with Crippen LogP contribution in [0, 0.1) is 0 Å². The van der Waals surface area contributed by atoms with Crippen molar-refractivity contribution in [1.29, 1.82) is 0 Å². The molecule has 4 rings (SSSR count). The molecule has 1 heterocycles. The van der Waals surface area contributed by atoms with Crippen molar-refractivity contribution in [2.75, 3.05) is 6.26 Å². The molecule has 0 radical (unpaired) electrons. The van der Waals surface area contributed by atoms with E-state index in [9.17, 15) is 9.59 Å². The number of esters is 1. The van der Waals surface area contributed by atoms with E-state index >= 15 is 0 Å². The summed E-state index contributed by atoms with van der Waals surface area (Å²) in [5.74, 6) is -0.842.